The zero-order chi connectivity index (χ0) is 36.0. The fourth-order valence-corrected chi connectivity index (χ4v) is 6.15. The Balaban J connectivity index is 1.26. The lowest BCUT2D eigenvalue weighted by Gasteiger charge is -2.14. The van der Waals surface area contributed by atoms with Crippen LogP contribution in [0.15, 0.2) is 146 Å². The summed E-state index contributed by atoms with van der Waals surface area (Å²) in [5.41, 5.74) is 5.40. The van der Waals surface area contributed by atoms with Gasteiger partial charge in [-0.05, 0) is 59.7 Å². The quantitative estimate of drug-likeness (QED) is 0.168. The van der Waals surface area contributed by atoms with E-state index in [1.165, 1.54) is 12.1 Å². The Morgan fingerprint density at radius 1 is 0.288 bits per heavy atom. The van der Waals surface area contributed by atoms with Gasteiger partial charge in [0.05, 0.1) is 56.0 Å². The molecule has 0 aliphatic carbocycles. The van der Waals surface area contributed by atoms with Gasteiger partial charge in [-0.15, -0.1) is 0 Å². The highest BCUT2D eigenvalue weighted by Gasteiger charge is 2.32. The van der Waals surface area contributed by atoms with Gasteiger partial charge in [-0.2, -0.15) is 26.3 Å². The summed E-state index contributed by atoms with van der Waals surface area (Å²) in [6.07, 6.45) is -9.06. The van der Waals surface area contributed by atoms with Crippen LogP contribution in [0.5, 0.6) is 0 Å². The Bertz CT molecular complexity index is 2600. The molecule has 10 heteroatoms. The van der Waals surface area contributed by atoms with E-state index in [2.05, 4.69) is 0 Å². The van der Waals surface area contributed by atoms with Crippen LogP contribution in [0.1, 0.15) is 11.1 Å². The second-order valence-electron chi connectivity index (χ2n) is 12.1. The summed E-state index contributed by atoms with van der Waals surface area (Å²) < 4.78 is 82.1. The van der Waals surface area contributed by atoms with E-state index in [1.807, 2.05) is 91.0 Å². The van der Waals surface area contributed by atoms with E-state index >= 15 is 0 Å². The van der Waals surface area contributed by atoms with Crippen LogP contribution in [-0.2, 0) is 12.4 Å². The number of nitrogens with zero attached hydrogens (tertiary/aromatic N) is 4. The van der Waals surface area contributed by atoms with Gasteiger partial charge in [0.15, 0.2) is 0 Å². The molecule has 0 spiro atoms. The predicted molar refractivity (Wildman–Crippen MR) is 190 cm³/mol. The fraction of sp³-hybridized carbons (Fsp3) is 0.0476. The monoisotopic (exact) mass is 698 g/mol. The number of rotatable bonds is 5. The minimum atomic E-state index is -4.53. The SMILES string of the molecule is FC(F)(F)c1cccc(-c2nc3ccc(-c4ccc5nc(-c6ccccc6)c(-c6cccc(C(F)(F)F)c6)nc5c4)cc3nc2-c2ccccc2)c1. The fourth-order valence-electron chi connectivity index (χ4n) is 6.15. The first-order valence-corrected chi connectivity index (χ1v) is 16.1. The molecule has 2 heterocycles. The van der Waals surface area contributed by atoms with Crippen LogP contribution in [-0.4, -0.2) is 19.9 Å². The van der Waals surface area contributed by atoms with E-state index in [0.717, 1.165) is 35.4 Å². The van der Waals surface area contributed by atoms with Crippen molar-refractivity contribution < 1.29 is 26.3 Å². The summed E-state index contributed by atoms with van der Waals surface area (Å²) in [6, 6.07) is 39.3. The average molecular weight is 699 g/mol. The van der Waals surface area contributed by atoms with Crippen LogP contribution in [0.2, 0.25) is 0 Å². The average Bonchev–Trinajstić information content (AvgIpc) is 3.16. The molecular weight excluding hydrogens is 674 g/mol. The number of aromatic nitrogens is 4. The van der Waals surface area contributed by atoms with Crippen molar-refractivity contribution in [2.45, 2.75) is 12.4 Å². The Morgan fingerprint density at radius 3 is 1.02 bits per heavy atom. The topological polar surface area (TPSA) is 51.6 Å². The molecule has 8 rings (SSSR count). The third kappa shape index (κ3) is 6.35. The zero-order valence-electron chi connectivity index (χ0n) is 26.9. The molecule has 0 radical (unpaired) electrons. The molecule has 0 saturated carbocycles. The van der Waals surface area contributed by atoms with E-state index in [-0.39, 0.29) is 11.1 Å². The van der Waals surface area contributed by atoms with E-state index in [1.54, 1.807) is 18.2 Å². The molecule has 0 atom stereocenters. The predicted octanol–water partition coefficient (Wildman–Crippen LogP) is 11.9. The second-order valence-corrected chi connectivity index (χ2v) is 12.1. The van der Waals surface area contributed by atoms with Gasteiger partial charge >= 0.3 is 12.4 Å². The van der Waals surface area contributed by atoms with Gasteiger partial charge in [-0.1, -0.05) is 97.1 Å². The highest BCUT2D eigenvalue weighted by Crippen LogP contribution is 2.38. The first-order valence-electron chi connectivity index (χ1n) is 16.1. The standard InChI is InChI=1S/C42H24F6N4/c43-41(44,45)31-15-7-13-29(21-31)39-38(26-11-5-2-6-12-26)51-35-23-27(18-20-34(35)50-39)28-17-19-33-36(24-28)52-40(37(49-33)25-9-3-1-4-10-25)30-14-8-16-32(22-30)42(46,47)48/h1-24H. The summed E-state index contributed by atoms with van der Waals surface area (Å²) in [5.74, 6) is 0. The highest BCUT2D eigenvalue weighted by molar-refractivity contribution is 5.92. The van der Waals surface area contributed by atoms with E-state index in [9.17, 15) is 26.3 Å². The van der Waals surface area contributed by atoms with E-state index < -0.39 is 23.5 Å². The van der Waals surface area contributed by atoms with Crippen LogP contribution in [0.3, 0.4) is 0 Å². The van der Waals surface area contributed by atoms with Gasteiger partial charge in [0, 0.05) is 22.3 Å². The van der Waals surface area contributed by atoms with Crippen molar-refractivity contribution in [2.75, 3.05) is 0 Å². The Kier molecular flexibility index (Phi) is 8.02. The summed E-state index contributed by atoms with van der Waals surface area (Å²) >= 11 is 0. The van der Waals surface area contributed by atoms with Gasteiger partial charge in [0.25, 0.3) is 0 Å². The maximum atomic E-state index is 13.7. The van der Waals surface area contributed by atoms with Crippen molar-refractivity contribution in [1.29, 1.82) is 0 Å². The van der Waals surface area contributed by atoms with Gasteiger partial charge < -0.3 is 0 Å². The minimum Gasteiger partial charge on any atom is -0.244 e. The summed E-state index contributed by atoms with van der Waals surface area (Å²) in [6.45, 7) is 0. The van der Waals surface area contributed by atoms with Crippen molar-refractivity contribution in [2.24, 2.45) is 0 Å². The molecule has 254 valence electrons. The van der Waals surface area contributed by atoms with Crippen molar-refractivity contribution in [3.63, 3.8) is 0 Å². The first-order chi connectivity index (χ1) is 25.0. The highest BCUT2D eigenvalue weighted by atomic mass is 19.4. The Labute approximate surface area is 293 Å². The maximum absolute atomic E-state index is 13.7. The van der Waals surface area contributed by atoms with Crippen molar-refractivity contribution in [1.82, 2.24) is 19.9 Å². The minimum absolute atomic E-state index is 0.277. The van der Waals surface area contributed by atoms with Crippen LogP contribution in [0.25, 0.3) is 78.2 Å². The second kappa shape index (κ2) is 12.7. The molecular formula is C42H24F6N4. The molecule has 6 aromatic carbocycles. The van der Waals surface area contributed by atoms with Crippen molar-refractivity contribution in [3.05, 3.63) is 157 Å². The van der Waals surface area contributed by atoms with Gasteiger partial charge in [-0.3, -0.25) is 0 Å². The lowest BCUT2D eigenvalue weighted by atomic mass is 10.00. The summed E-state index contributed by atoms with van der Waals surface area (Å²) in [7, 11) is 0. The Hall–Kier alpha value is -6.42. The Morgan fingerprint density at radius 2 is 0.635 bits per heavy atom. The number of hydrogen-bond acceptors (Lipinski definition) is 4. The molecule has 0 fully saturated rings. The summed E-state index contributed by atoms with van der Waals surface area (Å²) in [5, 5.41) is 0. The molecule has 0 aliphatic heterocycles. The molecule has 0 aliphatic rings. The van der Waals surface area contributed by atoms with Crippen molar-refractivity contribution in [3.8, 4) is 56.2 Å². The molecule has 0 N–H and O–H groups in total. The van der Waals surface area contributed by atoms with Crippen LogP contribution >= 0.6 is 0 Å². The molecule has 0 saturated heterocycles. The maximum Gasteiger partial charge on any atom is 0.416 e. The zero-order valence-corrected chi connectivity index (χ0v) is 26.9. The van der Waals surface area contributed by atoms with E-state index in [4.69, 9.17) is 19.9 Å². The molecule has 0 unspecified atom stereocenters. The van der Waals surface area contributed by atoms with Crippen LogP contribution in [0.4, 0.5) is 26.3 Å². The number of hydrogen-bond donors (Lipinski definition) is 0. The molecule has 4 nitrogen and oxygen atoms in total. The lowest BCUT2D eigenvalue weighted by molar-refractivity contribution is -0.138. The number of alkyl halides is 6. The normalized spacial score (nSPS) is 12.0. The summed E-state index contributed by atoms with van der Waals surface area (Å²) in [4.78, 5) is 19.5. The molecule has 52 heavy (non-hydrogen) atoms. The number of benzene rings is 6. The third-order valence-corrected chi connectivity index (χ3v) is 8.68. The van der Waals surface area contributed by atoms with Gasteiger partial charge in [0.1, 0.15) is 0 Å². The smallest absolute Gasteiger partial charge is 0.244 e. The molecule has 8 aromatic rings. The van der Waals surface area contributed by atoms with Crippen LogP contribution < -0.4 is 0 Å². The third-order valence-electron chi connectivity index (χ3n) is 8.68. The number of halogens is 6. The van der Waals surface area contributed by atoms with Gasteiger partial charge in [0.2, 0.25) is 0 Å². The van der Waals surface area contributed by atoms with Crippen molar-refractivity contribution >= 4 is 22.1 Å². The largest absolute Gasteiger partial charge is 0.416 e. The molecule has 0 amide bonds. The first kappa shape index (κ1) is 32.8. The molecule has 2 aromatic heterocycles. The molecule has 0 bridgehead atoms. The lowest BCUT2D eigenvalue weighted by Crippen LogP contribution is -2.05. The number of fused-ring (bicyclic) bond motifs is 2. The van der Waals surface area contributed by atoms with Crippen LogP contribution in [0, 0.1) is 0 Å². The van der Waals surface area contributed by atoms with E-state index in [0.29, 0.717) is 56.0 Å². The van der Waals surface area contributed by atoms with Gasteiger partial charge in [-0.25, -0.2) is 19.9 Å².